The highest BCUT2D eigenvalue weighted by Crippen LogP contribution is 2.36. The lowest BCUT2D eigenvalue weighted by molar-refractivity contribution is 0.0570. The van der Waals surface area contributed by atoms with Crippen LogP contribution in [0.5, 0.6) is 0 Å². The highest BCUT2D eigenvalue weighted by molar-refractivity contribution is 6.22. The maximum atomic E-state index is 12.9. The Balaban J connectivity index is 1.50. The van der Waals surface area contributed by atoms with Crippen LogP contribution in [0.3, 0.4) is 0 Å². The van der Waals surface area contributed by atoms with E-state index in [1.807, 2.05) is 30.3 Å². The molecule has 0 atom stereocenters. The highest BCUT2D eigenvalue weighted by Gasteiger charge is 2.29. The lowest BCUT2D eigenvalue weighted by atomic mass is 10.0. The summed E-state index contributed by atoms with van der Waals surface area (Å²) in [5.74, 6) is -0.160. The molecule has 6 heteroatoms. The molecule has 138 valence electrons. The van der Waals surface area contributed by atoms with Crippen molar-refractivity contribution in [1.29, 1.82) is 0 Å². The Labute approximate surface area is 157 Å². The SMILES string of the molecule is CCOC(=O)N1CCN(C(=O)c2ccc3c(c2)C(=O)c2ccccc2-3)CC1. The normalized spacial score (nSPS) is 15.4. The van der Waals surface area contributed by atoms with Crippen molar-refractivity contribution in [2.75, 3.05) is 32.8 Å². The molecule has 0 unspecified atom stereocenters. The van der Waals surface area contributed by atoms with Gasteiger partial charge in [-0.05, 0) is 30.2 Å². The molecule has 1 aliphatic carbocycles. The van der Waals surface area contributed by atoms with Gasteiger partial charge in [0.1, 0.15) is 0 Å². The Hall–Kier alpha value is -3.15. The molecule has 27 heavy (non-hydrogen) atoms. The molecule has 0 radical (unpaired) electrons. The Morgan fingerprint density at radius 2 is 1.52 bits per heavy atom. The summed E-state index contributed by atoms with van der Waals surface area (Å²) < 4.78 is 5.00. The molecule has 6 nitrogen and oxygen atoms in total. The van der Waals surface area contributed by atoms with Crippen molar-refractivity contribution in [2.45, 2.75) is 6.92 Å². The van der Waals surface area contributed by atoms with Crippen molar-refractivity contribution >= 4 is 17.8 Å². The van der Waals surface area contributed by atoms with Gasteiger partial charge in [0.05, 0.1) is 6.61 Å². The Kier molecular flexibility index (Phi) is 4.39. The first kappa shape index (κ1) is 17.3. The van der Waals surface area contributed by atoms with Gasteiger partial charge in [-0.2, -0.15) is 0 Å². The summed E-state index contributed by atoms with van der Waals surface area (Å²) in [5, 5.41) is 0. The molecule has 0 N–H and O–H groups in total. The molecule has 1 fully saturated rings. The smallest absolute Gasteiger partial charge is 0.409 e. The van der Waals surface area contributed by atoms with Gasteiger partial charge >= 0.3 is 6.09 Å². The van der Waals surface area contributed by atoms with Gasteiger partial charge in [0.15, 0.2) is 5.78 Å². The van der Waals surface area contributed by atoms with Gasteiger partial charge in [-0.25, -0.2) is 4.79 Å². The van der Waals surface area contributed by atoms with E-state index in [4.69, 9.17) is 4.74 Å². The Morgan fingerprint density at radius 1 is 0.889 bits per heavy atom. The number of fused-ring (bicyclic) bond motifs is 3. The van der Waals surface area contributed by atoms with Crippen LogP contribution in [0, 0.1) is 0 Å². The number of amides is 2. The van der Waals surface area contributed by atoms with Crippen molar-refractivity contribution in [3.63, 3.8) is 0 Å². The number of ether oxygens (including phenoxy) is 1. The number of piperazine rings is 1. The average molecular weight is 364 g/mol. The number of rotatable bonds is 2. The van der Waals surface area contributed by atoms with E-state index in [-0.39, 0.29) is 17.8 Å². The standard InChI is InChI=1S/C21H20N2O4/c1-2-27-21(26)23-11-9-22(10-12-23)20(25)14-7-8-16-15-5-3-4-6-17(15)19(24)18(16)13-14/h3-8,13H,2,9-12H2,1H3. The molecule has 0 saturated carbocycles. The highest BCUT2D eigenvalue weighted by atomic mass is 16.6. The van der Waals surface area contributed by atoms with Gasteiger partial charge in [-0.15, -0.1) is 0 Å². The van der Waals surface area contributed by atoms with E-state index in [1.54, 1.807) is 28.9 Å². The van der Waals surface area contributed by atoms with Crippen molar-refractivity contribution in [3.05, 3.63) is 59.2 Å². The van der Waals surface area contributed by atoms with Crippen LogP contribution in [0.15, 0.2) is 42.5 Å². The zero-order valence-electron chi connectivity index (χ0n) is 15.1. The van der Waals surface area contributed by atoms with Crippen LogP contribution in [-0.2, 0) is 4.74 Å². The van der Waals surface area contributed by atoms with Crippen molar-refractivity contribution in [2.24, 2.45) is 0 Å². The summed E-state index contributed by atoms with van der Waals surface area (Å²) in [4.78, 5) is 40.6. The van der Waals surface area contributed by atoms with Gasteiger partial charge in [0.25, 0.3) is 5.91 Å². The number of hydrogen-bond acceptors (Lipinski definition) is 4. The Bertz CT molecular complexity index is 930. The van der Waals surface area contributed by atoms with Crippen LogP contribution in [0.25, 0.3) is 11.1 Å². The first-order chi connectivity index (χ1) is 13.1. The Morgan fingerprint density at radius 3 is 2.22 bits per heavy atom. The molecule has 2 aliphatic rings. The van der Waals surface area contributed by atoms with E-state index in [9.17, 15) is 14.4 Å². The third-order valence-electron chi connectivity index (χ3n) is 5.07. The maximum Gasteiger partial charge on any atom is 0.409 e. The van der Waals surface area contributed by atoms with Crippen molar-refractivity contribution in [3.8, 4) is 11.1 Å². The van der Waals surface area contributed by atoms with E-state index < -0.39 is 0 Å². The van der Waals surface area contributed by atoms with E-state index in [1.165, 1.54) is 0 Å². The van der Waals surface area contributed by atoms with Crippen LogP contribution < -0.4 is 0 Å². The van der Waals surface area contributed by atoms with Crippen LogP contribution in [0.2, 0.25) is 0 Å². The molecular weight excluding hydrogens is 344 g/mol. The number of carbonyl (C=O) groups excluding carboxylic acids is 3. The second-order valence-electron chi connectivity index (χ2n) is 6.61. The van der Waals surface area contributed by atoms with E-state index in [2.05, 4.69) is 0 Å². The molecule has 0 bridgehead atoms. The van der Waals surface area contributed by atoms with Gasteiger partial charge < -0.3 is 14.5 Å². The van der Waals surface area contributed by atoms with E-state index in [0.717, 1.165) is 11.1 Å². The molecular formula is C21H20N2O4. The summed E-state index contributed by atoms with van der Waals surface area (Å²) in [7, 11) is 0. The summed E-state index contributed by atoms with van der Waals surface area (Å²) in [5.41, 5.74) is 3.55. The van der Waals surface area contributed by atoms with Crippen LogP contribution in [0.4, 0.5) is 4.79 Å². The topological polar surface area (TPSA) is 66.9 Å². The fourth-order valence-electron chi connectivity index (χ4n) is 3.65. The zero-order valence-corrected chi connectivity index (χ0v) is 15.1. The predicted octanol–water partition coefficient (Wildman–Crippen LogP) is 2.81. The van der Waals surface area contributed by atoms with Gasteiger partial charge in [-0.3, -0.25) is 9.59 Å². The molecule has 1 aliphatic heterocycles. The zero-order chi connectivity index (χ0) is 19.0. The van der Waals surface area contributed by atoms with E-state index >= 15 is 0 Å². The monoisotopic (exact) mass is 364 g/mol. The number of benzene rings is 2. The largest absolute Gasteiger partial charge is 0.450 e. The summed E-state index contributed by atoms with van der Waals surface area (Å²) in [6.07, 6.45) is -0.342. The number of nitrogens with zero attached hydrogens (tertiary/aromatic N) is 2. The van der Waals surface area contributed by atoms with Crippen molar-refractivity contribution < 1.29 is 19.1 Å². The van der Waals surface area contributed by atoms with Gasteiger partial charge in [0, 0.05) is 42.9 Å². The van der Waals surface area contributed by atoms with Crippen LogP contribution in [0.1, 0.15) is 33.2 Å². The second-order valence-corrected chi connectivity index (χ2v) is 6.61. The van der Waals surface area contributed by atoms with Crippen LogP contribution >= 0.6 is 0 Å². The summed E-state index contributed by atoms with van der Waals surface area (Å²) in [6, 6.07) is 12.8. The molecule has 1 heterocycles. The number of carbonyl (C=O) groups is 3. The fraction of sp³-hybridized carbons (Fsp3) is 0.286. The van der Waals surface area contributed by atoms with Gasteiger partial charge in [0.2, 0.25) is 0 Å². The number of hydrogen-bond donors (Lipinski definition) is 0. The molecule has 2 aromatic rings. The fourth-order valence-corrected chi connectivity index (χ4v) is 3.65. The summed E-state index contributed by atoms with van der Waals surface area (Å²) >= 11 is 0. The molecule has 0 aromatic heterocycles. The average Bonchev–Trinajstić information content (AvgIpc) is 3.00. The maximum absolute atomic E-state index is 12.9. The summed E-state index contributed by atoms with van der Waals surface area (Å²) in [6.45, 7) is 3.89. The molecule has 4 rings (SSSR count). The number of ketones is 1. The lowest BCUT2D eigenvalue weighted by Crippen LogP contribution is -2.50. The lowest BCUT2D eigenvalue weighted by Gasteiger charge is -2.34. The predicted molar refractivity (Wildman–Crippen MR) is 99.8 cm³/mol. The third-order valence-corrected chi connectivity index (χ3v) is 5.07. The van der Waals surface area contributed by atoms with Crippen molar-refractivity contribution in [1.82, 2.24) is 9.80 Å². The van der Waals surface area contributed by atoms with Crippen LogP contribution in [-0.4, -0.2) is 60.4 Å². The minimum absolute atomic E-state index is 0.0395. The van der Waals surface area contributed by atoms with Gasteiger partial charge in [-0.1, -0.05) is 30.3 Å². The third kappa shape index (κ3) is 2.97. The minimum atomic E-state index is -0.342. The molecule has 0 spiro atoms. The molecule has 1 saturated heterocycles. The molecule has 2 aromatic carbocycles. The first-order valence-corrected chi connectivity index (χ1v) is 9.09. The van der Waals surface area contributed by atoms with E-state index in [0.29, 0.717) is 49.5 Å². The first-order valence-electron chi connectivity index (χ1n) is 9.09. The molecule has 2 amide bonds. The second kappa shape index (κ2) is 6.87. The quantitative estimate of drug-likeness (QED) is 0.701. The minimum Gasteiger partial charge on any atom is -0.450 e.